The normalized spacial score (nSPS) is 15.4. The second-order valence-corrected chi connectivity index (χ2v) is 5.45. The van der Waals surface area contributed by atoms with Gasteiger partial charge in [0.1, 0.15) is 5.60 Å². The molecule has 0 bridgehead atoms. The quantitative estimate of drug-likeness (QED) is 0.790. The van der Waals surface area contributed by atoms with Crippen molar-refractivity contribution in [1.29, 1.82) is 0 Å². The average Bonchev–Trinajstić information content (AvgIpc) is 2.37. The maximum absolute atomic E-state index is 12.2. The Kier molecular flexibility index (Phi) is 3.79. The molecule has 1 heterocycles. The van der Waals surface area contributed by atoms with Gasteiger partial charge in [0, 0.05) is 12.6 Å². The van der Waals surface area contributed by atoms with Gasteiger partial charge in [0.15, 0.2) is 0 Å². The Balaban J connectivity index is 2.29. The SMILES string of the molecule is CC(C)(C)OC(=O)N1C=CCC(=O)N1c1ccccc1. The summed E-state index contributed by atoms with van der Waals surface area (Å²) >= 11 is 0. The Hall–Kier alpha value is -2.30. The Morgan fingerprint density at radius 2 is 1.85 bits per heavy atom. The minimum atomic E-state index is -0.617. The van der Waals surface area contributed by atoms with Gasteiger partial charge >= 0.3 is 6.09 Å². The van der Waals surface area contributed by atoms with Gasteiger partial charge in [0.05, 0.1) is 5.69 Å². The number of rotatable bonds is 1. The lowest BCUT2D eigenvalue weighted by Crippen LogP contribution is -2.50. The number of para-hydroxylation sites is 1. The maximum Gasteiger partial charge on any atom is 0.433 e. The van der Waals surface area contributed by atoms with Crippen LogP contribution in [-0.4, -0.2) is 22.6 Å². The minimum Gasteiger partial charge on any atom is -0.442 e. The smallest absolute Gasteiger partial charge is 0.433 e. The van der Waals surface area contributed by atoms with Crippen molar-refractivity contribution in [2.75, 3.05) is 5.01 Å². The van der Waals surface area contributed by atoms with Gasteiger partial charge in [0.25, 0.3) is 0 Å². The number of hydrazine groups is 1. The van der Waals surface area contributed by atoms with E-state index >= 15 is 0 Å². The lowest BCUT2D eigenvalue weighted by Gasteiger charge is -2.35. The molecular formula is C15H18N2O3. The monoisotopic (exact) mass is 274 g/mol. The molecule has 1 aromatic rings. The zero-order valence-corrected chi connectivity index (χ0v) is 11.9. The van der Waals surface area contributed by atoms with E-state index in [1.165, 1.54) is 10.0 Å². The number of hydrogen-bond donors (Lipinski definition) is 0. The van der Waals surface area contributed by atoms with E-state index < -0.39 is 11.7 Å². The van der Waals surface area contributed by atoms with Gasteiger partial charge in [-0.3, -0.25) is 4.79 Å². The fourth-order valence-electron chi connectivity index (χ4n) is 1.82. The molecule has 106 valence electrons. The molecule has 5 nitrogen and oxygen atoms in total. The highest BCUT2D eigenvalue weighted by molar-refractivity contribution is 5.97. The van der Waals surface area contributed by atoms with Crippen molar-refractivity contribution in [3.05, 3.63) is 42.6 Å². The molecule has 20 heavy (non-hydrogen) atoms. The molecular weight excluding hydrogens is 256 g/mol. The lowest BCUT2D eigenvalue weighted by atomic mass is 10.2. The Morgan fingerprint density at radius 1 is 1.20 bits per heavy atom. The first-order valence-electron chi connectivity index (χ1n) is 6.45. The second-order valence-electron chi connectivity index (χ2n) is 5.45. The third kappa shape index (κ3) is 3.17. The van der Waals surface area contributed by atoms with E-state index in [1.807, 2.05) is 18.2 Å². The summed E-state index contributed by atoms with van der Waals surface area (Å²) < 4.78 is 5.32. The summed E-state index contributed by atoms with van der Waals surface area (Å²) in [5.41, 5.74) is 0.0149. The third-order valence-corrected chi connectivity index (χ3v) is 2.57. The van der Waals surface area contributed by atoms with E-state index in [9.17, 15) is 9.59 Å². The summed E-state index contributed by atoms with van der Waals surface area (Å²) in [6.07, 6.45) is 2.88. The molecule has 1 aliphatic rings. The number of ether oxygens (including phenoxy) is 1. The Labute approximate surface area is 118 Å². The van der Waals surface area contributed by atoms with Crippen LogP contribution in [0.1, 0.15) is 27.2 Å². The van der Waals surface area contributed by atoms with Crippen LogP contribution >= 0.6 is 0 Å². The van der Waals surface area contributed by atoms with E-state index in [2.05, 4.69) is 0 Å². The molecule has 1 aliphatic heterocycles. The highest BCUT2D eigenvalue weighted by Gasteiger charge is 2.31. The van der Waals surface area contributed by atoms with Crippen molar-refractivity contribution in [2.24, 2.45) is 0 Å². The highest BCUT2D eigenvalue weighted by atomic mass is 16.6. The largest absolute Gasteiger partial charge is 0.442 e. The molecule has 0 spiro atoms. The number of benzene rings is 1. The van der Waals surface area contributed by atoms with E-state index in [0.29, 0.717) is 5.69 Å². The summed E-state index contributed by atoms with van der Waals surface area (Å²) in [6.45, 7) is 5.35. The summed E-state index contributed by atoms with van der Waals surface area (Å²) in [7, 11) is 0. The summed E-state index contributed by atoms with van der Waals surface area (Å²) in [5.74, 6) is -0.176. The predicted octanol–water partition coefficient (Wildman–Crippen LogP) is 3.09. The van der Waals surface area contributed by atoms with Crippen molar-refractivity contribution in [3.63, 3.8) is 0 Å². The van der Waals surface area contributed by atoms with Crippen LogP contribution in [0.3, 0.4) is 0 Å². The van der Waals surface area contributed by atoms with Gasteiger partial charge in [-0.05, 0) is 32.9 Å². The molecule has 0 atom stereocenters. The van der Waals surface area contributed by atoms with Crippen molar-refractivity contribution < 1.29 is 14.3 Å². The molecule has 0 fully saturated rings. The van der Waals surface area contributed by atoms with E-state index in [4.69, 9.17) is 4.74 Å². The summed E-state index contributed by atoms with van der Waals surface area (Å²) in [4.78, 5) is 24.3. The molecule has 0 N–H and O–H groups in total. The van der Waals surface area contributed by atoms with Gasteiger partial charge in [-0.25, -0.2) is 9.80 Å². The molecule has 0 saturated heterocycles. The average molecular weight is 274 g/mol. The predicted molar refractivity (Wildman–Crippen MR) is 75.8 cm³/mol. The van der Waals surface area contributed by atoms with Crippen molar-refractivity contribution in [1.82, 2.24) is 5.01 Å². The lowest BCUT2D eigenvalue weighted by molar-refractivity contribution is -0.120. The van der Waals surface area contributed by atoms with Crippen LogP contribution in [0.5, 0.6) is 0 Å². The molecule has 2 amide bonds. The van der Waals surface area contributed by atoms with Gasteiger partial charge in [-0.2, -0.15) is 5.01 Å². The zero-order chi connectivity index (χ0) is 14.8. The van der Waals surface area contributed by atoms with Gasteiger partial charge in [0.2, 0.25) is 5.91 Å². The highest BCUT2D eigenvalue weighted by Crippen LogP contribution is 2.23. The van der Waals surface area contributed by atoms with E-state index in [-0.39, 0.29) is 12.3 Å². The molecule has 2 rings (SSSR count). The third-order valence-electron chi connectivity index (χ3n) is 2.57. The zero-order valence-electron chi connectivity index (χ0n) is 11.9. The fourth-order valence-corrected chi connectivity index (χ4v) is 1.82. The van der Waals surface area contributed by atoms with Gasteiger partial charge in [-0.1, -0.05) is 24.3 Å². The van der Waals surface area contributed by atoms with Crippen LogP contribution < -0.4 is 5.01 Å². The number of hydrogen-bond acceptors (Lipinski definition) is 3. The van der Waals surface area contributed by atoms with Crippen molar-refractivity contribution in [3.8, 4) is 0 Å². The minimum absolute atomic E-state index is 0.176. The molecule has 5 heteroatoms. The molecule has 0 unspecified atom stereocenters. The Morgan fingerprint density at radius 3 is 2.45 bits per heavy atom. The topological polar surface area (TPSA) is 49.9 Å². The molecule has 0 aliphatic carbocycles. The van der Waals surface area contributed by atoms with Crippen molar-refractivity contribution in [2.45, 2.75) is 32.8 Å². The number of carbonyl (C=O) groups excluding carboxylic acids is 2. The molecule has 0 radical (unpaired) electrons. The van der Waals surface area contributed by atoms with E-state index in [1.54, 1.807) is 45.2 Å². The standard InChI is InChI=1S/C15H18N2O3/c1-15(2,3)20-14(19)16-11-7-10-13(18)17(16)12-8-5-4-6-9-12/h4-9,11H,10H2,1-3H3. The first kappa shape index (κ1) is 14.1. The van der Waals surface area contributed by atoms with Crippen LogP contribution in [0, 0.1) is 0 Å². The summed E-state index contributed by atoms with van der Waals surface area (Å²) in [6, 6.07) is 9.02. The molecule has 0 aromatic heterocycles. The van der Waals surface area contributed by atoms with Gasteiger partial charge < -0.3 is 4.74 Å². The first-order chi connectivity index (χ1) is 9.38. The molecule has 1 aromatic carbocycles. The second kappa shape index (κ2) is 5.36. The van der Waals surface area contributed by atoms with Crippen LogP contribution in [0.15, 0.2) is 42.6 Å². The summed E-state index contributed by atoms with van der Waals surface area (Å²) in [5, 5.41) is 2.53. The maximum atomic E-state index is 12.2. The van der Waals surface area contributed by atoms with Crippen LogP contribution in [0.4, 0.5) is 10.5 Å². The van der Waals surface area contributed by atoms with Gasteiger partial charge in [-0.15, -0.1) is 0 Å². The van der Waals surface area contributed by atoms with Crippen LogP contribution in [-0.2, 0) is 9.53 Å². The fraction of sp³-hybridized carbons (Fsp3) is 0.333. The van der Waals surface area contributed by atoms with E-state index in [0.717, 1.165) is 0 Å². The number of nitrogens with zero attached hydrogens (tertiary/aromatic N) is 2. The Bertz CT molecular complexity index is 532. The number of carbonyl (C=O) groups is 2. The first-order valence-corrected chi connectivity index (χ1v) is 6.45. The van der Waals surface area contributed by atoms with Crippen molar-refractivity contribution >= 4 is 17.7 Å². The van der Waals surface area contributed by atoms with Crippen LogP contribution in [0.2, 0.25) is 0 Å². The number of anilines is 1. The van der Waals surface area contributed by atoms with Crippen LogP contribution in [0.25, 0.3) is 0 Å². The molecule has 0 saturated carbocycles. The number of amides is 2.